The smallest absolute Gasteiger partial charge is 0.407 e. The quantitative estimate of drug-likeness (QED) is 0.0599. The molecule has 0 bridgehead atoms. The first-order chi connectivity index (χ1) is 34.6. The minimum Gasteiger partial charge on any atom is -0.497 e. The van der Waals surface area contributed by atoms with Crippen molar-refractivity contribution in [3.05, 3.63) is 96.1 Å². The lowest BCUT2D eigenvalue weighted by atomic mass is 9.71. The van der Waals surface area contributed by atoms with Gasteiger partial charge in [-0.3, -0.25) is 0 Å². The summed E-state index contributed by atoms with van der Waals surface area (Å²) in [5, 5.41) is 50.0. The summed E-state index contributed by atoms with van der Waals surface area (Å²) in [5.41, 5.74) is 0.338. The van der Waals surface area contributed by atoms with Crippen molar-refractivity contribution < 1.29 is 42.4 Å². The Balaban J connectivity index is 0.000000332. The molecule has 2 fully saturated rings. The molecule has 2 unspecified atom stereocenters. The highest BCUT2D eigenvalue weighted by atomic mass is 32.2. The van der Waals surface area contributed by atoms with Gasteiger partial charge in [-0.2, -0.15) is 14.8 Å². The normalized spacial score (nSPS) is 17.2. The van der Waals surface area contributed by atoms with E-state index in [2.05, 4.69) is 28.1 Å². The molecular weight excluding hydrogens is 945 g/mol. The van der Waals surface area contributed by atoms with Crippen molar-refractivity contribution in [3.8, 4) is 17.9 Å². The molecule has 0 saturated heterocycles. The van der Waals surface area contributed by atoms with Gasteiger partial charge in [0.25, 0.3) is 0 Å². The number of benzene rings is 3. The number of alkyl carbamates (subject to hydrolysis) is 2. The number of aliphatic hydroxyl groups excluding tert-OH is 2. The molecule has 2 saturated carbocycles. The van der Waals surface area contributed by atoms with Gasteiger partial charge in [0.1, 0.15) is 17.0 Å². The molecule has 0 radical (unpaired) electrons. The van der Waals surface area contributed by atoms with Gasteiger partial charge >= 0.3 is 12.2 Å². The number of methoxy groups -OCH3 is 1. The number of nitrogens with zero attached hydrogens (tertiary/aromatic N) is 3. The molecule has 2 amide bonds. The lowest BCUT2D eigenvalue weighted by Gasteiger charge is -2.41. The fourth-order valence-corrected chi connectivity index (χ4v) is 11.5. The number of nitrogens with one attached hydrogen (secondary N) is 3. The average molecular weight is 1030 g/mol. The molecule has 402 valence electrons. The van der Waals surface area contributed by atoms with Crippen LogP contribution >= 0.6 is 0 Å². The van der Waals surface area contributed by atoms with Gasteiger partial charge in [0.05, 0.1) is 48.4 Å². The van der Waals surface area contributed by atoms with E-state index >= 15 is 0 Å². The van der Waals surface area contributed by atoms with Crippen molar-refractivity contribution >= 4 is 22.2 Å². The molecule has 0 aromatic heterocycles. The van der Waals surface area contributed by atoms with E-state index in [1.54, 1.807) is 32.9 Å². The van der Waals surface area contributed by atoms with Crippen LogP contribution in [0.25, 0.3) is 0 Å². The van der Waals surface area contributed by atoms with Crippen LogP contribution in [-0.4, -0.2) is 104 Å². The lowest BCUT2D eigenvalue weighted by molar-refractivity contribution is 0.0375. The van der Waals surface area contributed by atoms with Crippen LogP contribution in [0.2, 0.25) is 0 Å². The number of hydrogen-bond acceptors (Lipinski definition) is 12. The predicted molar refractivity (Wildman–Crippen MR) is 284 cm³/mol. The van der Waals surface area contributed by atoms with Crippen molar-refractivity contribution in [3.63, 3.8) is 0 Å². The fourth-order valence-electron chi connectivity index (χ4n) is 9.95. The molecule has 2 aliphatic rings. The molecule has 5 rings (SSSR count). The van der Waals surface area contributed by atoms with E-state index in [1.165, 1.54) is 42.8 Å². The van der Waals surface area contributed by atoms with Gasteiger partial charge in [-0.25, -0.2) is 18.0 Å². The third kappa shape index (κ3) is 21.3. The Labute approximate surface area is 436 Å². The summed E-state index contributed by atoms with van der Waals surface area (Å²) in [5.74, 6) is 0.530. The maximum absolute atomic E-state index is 14.1. The molecule has 16 heteroatoms. The van der Waals surface area contributed by atoms with Gasteiger partial charge in [0, 0.05) is 39.0 Å². The maximum Gasteiger partial charge on any atom is 0.407 e. The second-order valence-electron chi connectivity index (χ2n) is 22.1. The number of rotatable bonds is 23. The molecule has 73 heavy (non-hydrogen) atoms. The Kier molecular flexibility index (Phi) is 24.0. The average Bonchev–Trinajstić information content (AvgIpc) is 3.35. The minimum absolute atomic E-state index is 0.0847. The number of amides is 2. The number of carbonyl (C=O) groups excluding carboxylic acids is 2. The molecule has 4 atom stereocenters. The summed E-state index contributed by atoms with van der Waals surface area (Å²) in [7, 11) is -2.54. The highest BCUT2D eigenvalue weighted by Gasteiger charge is 2.40. The molecule has 0 spiro atoms. The van der Waals surface area contributed by atoms with Gasteiger partial charge in [0.15, 0.2) is 0 Å². The van der Waals surface area contributed by atoms with Gasteiger partial charge in [-0.1, -0.05) is 99.2 Å². The number of aliphatic hydroxyl groups is 2. The van der Waals surface area contributed by atoms with Crippen molar-refractivity contribution in [2.45, 2.75) is 185 Å². The molecular formula is C57H84N6O9S. The van der Waals surface area contributed by atoms with Crippen molar-refractivity contribution in [1.29, 1.82) is 10.5 Å². The van der Waals surface area contributed by atoms with Crippen molar-refractivity contribution in [2.75, 3.05) is 33.3 Å². The van der Waals surface area contributed by atoms with E-state index in [9.17, 15) is 33.5 Å². The highest BCUT2D eigenvalue weighted by Crippen LogP contribution is 2.42. The fraction of sp³-hybridized carbons (Fsp3) is 0.614. The van der Waals surface area contributed by atoms with Gasteiger partial charge in [-0.15, -0.1) is 0 Å². The second-order valence-corrected chi connectivity index (χ2v) is 24.0. The molecule has 3 aromatic carbocycles. The van der Waals surface area contributed by atoms with E-state index in [4.69, 9.17) is 19.5 Å². The highest BCUT2D eigenvalue weighted by molar-refractivity contribution is 7.89. The van der Waals surface area contributed by atoms with Gasteiger partial charge in [0.2, 0.25) is 10.0 Å². The Morgan fingerprint density at radius 2 is 1.11 bits per heavy atom. The van der Waals surface area contributed by atoms with Crippen LogP contribution in [0.15, 0.2) is 89.8 Å². The Morgan fingerprint density at radius 1 is 0.671 bits per heavy atom. The second kappa shape index (κ2) is 29.0. The van der Waals surface area contributed by atoms with Crippen LogP contribution in [0, 0.1) is 33.5 Å². The lowest BCUT2D eigenvalue weighted by Crippen LogP contribution is -2.53. The van der Waals surface area contributed by atoms with Crippen LogP contribution in [0.1, 0.15) is 143 Å². The summed E-state index contributed by atoms with van der Waals surface area (Å²) in [6.07, 6.45) is 10.5. The topological polar surface area (TPSA) is 223 Å². The zero-order valence-electron chi connectivity index (χ0n) is 44.5. The molecule has 0 aliphatic heterocycles. The number of carbonyl (C=O) groups is 2. The number of sulfonamides is 1. The van der Waals surface area contributed by atoms with Crippen LogP contribution in [-0.2, 0) is 32.3 Å². The van der Waals surface area contributed by atoms with Crippen molar-refractivity contribution in [2.24, 2.45) is 10.8 Å². The summed E-state index contributed by atoms with van der Waals surface area (Å²) in [4.78, 5) is 25.2. The number of ether oxygens (including phenoxy) is 3. The van der Waals surface area contributed by atoms with E-state index < -0.39 is 57.7 Å². The summed E-state index contributed by atoms with van der Waals surface area (Å²) >= 11 is 0. The molecule has 0 heterocycles. The minimum atomic E-state index is -4.06. The third-order valence-corrected chi connectivity index (χ3v) is 15.6. The van der Waals surface area contributed by atoms with Crippen LogP contribution in [0.5, 0.6) is 5.75 Å². The Morgan fingerprint density at radius 3 is 1.55 bits per heavy atom. The first-order valence-electron chi connectivity index (χ1n) is 26.1. The van der Waals surface area contributed by atoms with Crippen LogP contribution in [0.4, 0.5) is 9.59 Å². The van der Waals surface area contributed by atoms with Crippen molar-refractivity contribution in [1.82, 2.24) is 20.3 Å². The maximum atomic E-state index is 14.1. The zero-order valence-corrected chi connectivity index (χ0v) is 45.4. The van der Waals surface area contributed by atoms with Gasteiger partial charge in [-0.05, 0) is 139 Å². The zero-order chi connectivity index (χ0) is 53.5. The summed E-state index contributed by atoms with van der Waals surface area (Å²) in [6, 6.07) is 28.6. The van der Waals surface area contributed by atoms with E-state index in [1.807, 2.05) is 81.4 Å². The summed E-state index contributed by atoms with van der Waals surface area (Å²) in [6.45, 7) is 11.8. The molecule has 5 N–H and O–H groups in total. The Bertz CT molecular complexity index is 2300. The molecule has 3 aromatic rings. The van der Waals surface area contributed by atoms with Crippen LogP contribution in [0.3, 0.4) is 0 Å². The third-order valence-electron chi connectivity index (χ3n) is 13.7. The van der Waals surface area contributed by atoms with E-state index in [-0.39, 0.29) is 35.2 Å². The summed E-state index contributed by atoms with van der Waals surface area (Å²) < 4.78 is 45.7. The van der Waals surface area contributed by atoms with Gasteiger partial charge < -0.3 is 40.4 Å². The van der Waals surface area contributed by atoms with Crippen LogP contribution < -0.4 is 20.7 Å². The predicted octanol–water partition coefficient (Wildman–Crippen LogP) is 9.76. The number of nitriles is 2. The first-order valence-corrected chi connectivity index (χ1v) is 27.6. The molecule has 15 nitrogen and oxygen atoms in total. The number of hydrogen-bond donors (Lipinski definition) is 5. The largest absolute Gasteiger partial charge is 0.497 e. The molecule has 2 aliphatic carbocycles. The SMILES string of the molecule is CC(C)(C)OC(=O)N[C@@H](Cc1ccccc1)C(O)CNCC1(CCC#N)CCCCC1.COc1ccc(S(=O)(=O)N(CC(O)[C@H](Cc2ccccc2)NC(=O)OC(C)(C)C)CC2(CCC#N)CCCCC2)cc1. The first kappa shape index (κ1) is 60.3. The van der Waals surface area contributed by atoms with E-state index in [0.29, 0.717) is 38.0 Å². The monoisotopic (exact) mass is 1030 g/mol. The Hall–Kier alpha value is -5.23. The van der Waals surface area contributed by atoms with E-state index in [0.717, 1.165) is 69.0 Å². The standard InChI is InChI=1S/C32H45N3O6S.C25H39N3O3/c1-31(2,3)41-30(37)34-28(22-25-12-7-5-8-13-25)29(36)23-35(24-32(20-11-21-33)18-9-6-10-19-32)42(38,39)27-16-14-26(40-4)15-17-27;1-24(2,3)31-23(30)28-21(17-20-11-6-4-7-12-20)22(29)18-27-19-25(15-10-16-26)13-8-5-9-14-25/h5,7-8,12-17,28-29,36H,6,9-11,18-20,22-24H2,1-4H3,(H,34,37);4,6-7,11-12,21-22,27,29H,5,8-10,13-15,17-19H2,1-3H3,(H,28,30)/t28-,29?;21-,22?/m00/s1.